The highest BCUT2D eigenvalue weighted by molar-refractivity contribution is 4.99. The molecule has 8 heteroatoms. The van der Waals surface area contributed by atoms with Crippen molar-refractivity contribution in [1.29, 1.82) is 0 Å². The molecule has 0 saturated carbocycles. The van der Waals surface area contributed by atoms with E-state index < -0.39 is 54.6 Å². The molecule has 2 rings (SSSR count). The maximum atomic E-state index is 10.5. The molecule has 2 heterocycles. The fourth-order valence-electron chi connectivity index (χ4n) is 3.67. The number of nitrogens with one attached hydrogen (secondary N) is 1. The Kier molecular flexibility index (Phi) is 6.83. The first-order valence-electron chi connectivity index (χ1n) is 8.95. The molecule has 2 fully saturated rings. The van der Waals surface area contributed by atoms with Crippen LogP contribution in [0.1, 0.15) is 34.1 Å². The van der Waals surface area contributed by atoms with Crippen molar-refractivity contribution >= 4 is 0 Å². The first kappa shape index (κ1) is 21.0. The molecule has 0 amide bonds. The molecule has 2 aliphatic rings. The van der Waals surface area contributed by atoms with Gasteiger partial charge < -0.3 is 40.0 Å². The zero-order chi connectivity index (χ0) is 18.9. The molecule has 0 aromatic rings. The summed E-state index contributed by atoms with van der Waals surface area (Å²) in [6.45, 7) is 7.12. The predicted octanol–water partition coefficient (Wildman–Crippen LogP) is -1.02. The SMILES string of the molecule is CNC1(C)CC(OC2C(O)C(O)C(CO)OC2C(C)C)OC(C)C1O. The van der Waals surface area contributed by atoms with Crippen molar-refractivity contribution in [2.75, 3.05) is 13.7 Å². The minimum atomic E-state index is -1.24. The molecule has 148 valence electrons. The van der Waals surface area contributed by atoms with Crippen molar-refractivity contribution in [3.63, 3.8) is 0 Å². The normalized spacial score (nSPS) is 48.7. The van der Waals surface area contributed by atoms with Gasteiger partial charge in [-0.05, 0) is 26.8 Å². The summed E-state index contributed by atoms with van der Waals surface area (Å²) in [6, 6.07) is 0. The monoisotopic (exact) mass is 363 g/mol. The summed E-state index contributed by atoms with van der Waals surface area (Å²) in [5.41, 5.74) is -0.595. The van der Waals surface area contributed by atoms with Crippen LogP contribution in [-0.2, 0) is 14.2 Å². The zero-order valence-electron chi connectivity index (χ0n) is 15.6. The lowest BCUT2D eigenvalue weighted by Crippen LogP contribution is -2.65. The molecule has 0 radical (unpaired) electrons. The Bertz CT molecular complexity index is 437. The molecule has 0 aromatic heterocycles. The Balaban J connectivity index is 2.15. The molecule has 5 N–H and O–H groups in total. The third-order valence-corrected chi connectivity index (χ3v) is 5.49. The minimum Gasteiger partial charge on any atom is -0.394 e. The standard InChI is InChI=1S/C17H33NO7/c1-8(2)14-15(13(21)12(20)10(7-19)24-14)25-11-6-17(4,18-5)16(22)9(3)23-11/h8-16,18-22H,6-7H2,1-5H3. The number of ether oxygens (including phenoxy) is 3. The van der Waals surface area contributed by atoms with Crippen molar-refractivity contribution in [1.82, 2.24) is 5.32 Å². The van der Waals surface area contributed by atoms with Crippen molar-refractivity contribution in [3.8, 4) is 0 Å². The van der Waals surface area contributed by atoms with E-state index in [4.69, 9.17) is 14.2 Å². The van der Waals surface area contributed by atoms with Crippen LogP contribution in [0.25, 0.3) is 0 Å². The van der Waals surface area contributed by atoms with Crippen molar-refractivity contribution < 1.29 is 34.6 Å². The van der Waals surface area contributed by atoms with E-state index in [9.17, 15) is 20.4 Å². The smallest absolute Gasteiger partial charge is 0.160 e. The Labute approximate surface area is 149 Å². The van der Waals surface area contributed by atoms with E-state index in [0.29, 0.717) is 6.42 Å². The Morgan fingerprint density at radius 1 is 1.20 bits per heavy atom. The van der Waals surface area contributed by atoms with Crippen LogP contribution in [0.2, 0.25) is 0 Å². The minimum absolute atomic E-state index is 0.00323. The lowest BCUT2D eigenvalue weighted by molar-refractivity contribution is -0.313. The van der Waals surface area contributed by atoms with Crippen LogP contribution in [0, 0.1) is 5.92 Å². The maximum Gasteiger partial charge on any atom is 0.160 e. The summed E-state index contributed by atoms with van der Waals surface area (Å²) < 4.78 is 17.5. The van der Waals surface area contributed by atoms with E-state index >= 15 is 0 Å². The van der Waals surface area contributed by atoms with Gasteiger partial charge in [-0.2, -0.15) is 0 Å². The molecule has 25 heavy (non-hydrogen) atoms. The zero-order valence-corrected chi connectivity index (χ0v) is 15.6. The van der Waals surface area contributed by atoms with Crippen molar-refractivity contribution in [2.45, 2.75) is 88.7 Å². The second-order valence-corrected chi connectivity index (χ2v) is 7.73. The van der Waals surface area contributed by atoms with Gasteiger partial charge in [0.1, 0.15) is 24.4 Å². The highest BCUT2D eigenvalue weighted by atomic mass is 16.7. The first-order chi connectivity index (χ1) is 11.6. The van der Waals surface area contributed by atoms with Crippen LogP contribution < -0.4 is 5.32 Å². The lowest BCUT2D eigenvalue weighted by Gasteiger charge is -2.49. The second-order valence-electron chi connectivity index (χ2n) is 7.73. The molecule has 9 atom stereocenters. The van der Waals surface area contributed by atoms with Gasteiger partial charge in [0.2, 0.25) is 0 Å². The van der Waals surface area contributed by atoms with Crippen LogP contribution in [0.4, 0.5) is 0 Å². The van der Waals surface area contributed by atoms with Gasteiger partial charge in [-0.15, -0.1) is 0 Å². The van der Waals surface area contributed by atoms with Crippen LogP contribution >= 0.6 is 0 Å². The molecule has 2 aliphatic heterocycles. The molecule has 2 saturated heterocycles. The van der Waals surface area contributed by atoms with Crippen LogP contribution in [0.15, 0.2) is 0 Å². The highest BCUT2D eigenvalue weighted by Crippen LogP contribution is 2.34. The molecule has 0 aliphatic carbocycles. The van der Waals surface area contributed by atoms with Crippen LogP contribution in [0.5, 0.6) is 0 Å². The lowest BCUT2D eigenvalue weighted by atomic mass is 9.85. The summed E-state index contributed by atoms with van der Waals surface area (Å²) in [6.07, 6.45) is -6.04. The molecular formula is C17H33NO7. The molecular weight excluding hydrogens is 330 g/mol. The first-order valence-corrected chi connectivity index (χ1v) is 8.95. The van der Waals surface area contributed by atoms with Gasteiger partial charge in [0.15, 0.2) is 6.29 Å². The Hall–Kier alpha value is -0.320. The van der Waals surface area contributed by atoms with E-state index in [2.05, 4.69) is 5.32 Å². The van der Waals surface area contributed by atoms with Crippen molar-refractivity contribution in [3.05, 3.63) is 0 Å². The quantitative estimate of drug-likeness (QED) is 0.421. The molecule has 9 unspecified atom stereocenters. The molecule has 0 spiro atoms. The van der Waals surface area contributed by atoms with Gasteiger partial charge in [-0.1, -0.05) is 13.8 Å². The van der Waals surface area contributed by atoms with Gasteiger partial charge >= 0.3 is 0 Å². The van der Waals surface area contributed by atoms with E-state index in [-0.39, 0.29) is 12.5 Å². The van der Waals surface area contributed by atoms with Gasteiger partial charge in [0.25, 0.3) is 0 Å². The number of aliphatic hydroxyl groups excluding tert-OH is 4. The number of rotatable bonds is 5. The van der Waals surface area contributed by atoms with E-state index in [1.807, 2.05) is 20.8 Å². The number of hydrogen-bond donors (Lipinski definition) is 5. The number of hydrogen-bond acceptors (Lipinski definition) is 8. The number of likely N-dealkylation sites (N-methyl/N-ethyl adjacent to an activating group) is 1. The largest absolute Gasteiger partial charge is 0.394 e. The van der Waals surface area contributed by atoms with Crippen LogP contribution in [0.3, 0.4) is 0 Å². The molecule has 0 bridgehead atoms. The third kappa shape index (κ3) is 4.17. The predicted molar refractivity (Wildman–Crippen MR) is 89.9 cm³/mol. The van der Waals surface area contributed by atoms with Crippen molar-refractivity contribution in [2.24, 2.45) is 5.92 Å². The summed E-state index contributed by atoms with van der Waals surface area (Å²) in [7, 11) is 1.77. The van der Waals surface area contributed by atoms with Gasteiger partial charge in [0.05, 0.1) is 24.9 Å². The van der Waals surface area contributed by atoms with E-state index in [1.165, 1.54) is 0 Å². The summed E-state index contributed by atoms with van der Waals surface area (Å²) >= 11 is 0. The second kappa shape index (κ2) is 8.14. The topological polar surface area (TPSA) is 121 Å². The average Bonchev–Trinajstić information content (AvgIpc) is 2.56. The summed E-state index contributed by atoms with van der Waals surface area (Å²) in [5, 5.41) is 43.5. The summed E-state index contributed by atoms with van der Waals surface area (Å²) in [4.78, 5) is 0. The van der Waals surface area contributed by atoms with Crippen LogP contribution in [-0.4, -0.2) is 88.6 Å². The van der Waals surface area contributed by atoms with Gasteiger partial charge in [0, 0.05) is 12.0 Å². The fraction of sp³-hybridized carbons (Fsp3) is 1.00. The molecule has 0 aromatic carbocycles. The van der Waals surface area contributed by atoms with Gasteiger partial charge in [-0.3, -0.25) is 0 Å². The average molecular weight is 363 g/mol. The Morgan fingerprint density at radius 2 is 1.84 bits per heavy atom. The number of aliphatic hydroxyl groups is 4. The third-order valence-electron chi connectivity index (χ3n) is 5.49. The maximum absolute atomic E-state index is 10.5. The van der Waals surface area contributed by atoms with E-state index in [0.717, 1.165) is 0 Å². The van der Waals surface area contributed by atoms with E-state index in [1.54, 1.807) is 14.0 Å². The fourth-order valence-corrected chi connectivity index (χ4v) is 3.67. The summed E-state index contributed by atoms with van der Waals surface area (Å²) in [5.74, 6) is 0.00323. The highest BCUT2D eigenvalue weighted by Gasteiger charge is 2.50. The molecule has 8 nitrogen and oxygen atoms in total. The van der Waals surface area contributed by atoms with Gasteiger partial charge in [-0.25, -0.2) is 0 Å². The Morgan fingerprint density at radius 3 is 2.36 bits per heavy atom.